The Morgan fingerprint density at radius 2 is 2.20 bits per heavy atom. The van der Waals surface area contributed by atoms with Gasteiger partial charge in [0.2, 0.25) is 0 Å². The van der Waals surface area contributed by atoms with Gasteiger partial charge in [0.1, 0.15) is 0 Å². The summed E-state index contributed by atoms with van der Waals surface area (Å²) in [5.41, 5.74) is 1.34. The molecule has 0 N–H and O–H groups in total. The molecular formula is C8H9BrS. The summed E-state index contributed by atoms with van der Waals surface area (Å²) in [5.74, 6) is 0.913. The van der Waals surface area contributed by atoms with Crippen LogP contribution in [0.1, 0.15) is 5.56 Å². The minimum Gasteiger partial charge on any atom is -0.179 e. The zero-order valence-corrected chi connectivity index (χ0v) is 8.03. The zero-order chi connectivity index (χ0) is 7.40. The van der Waals surface area contributed by atoms with Crippen molar-refractivity contribution in [1.82, 2.24) is 0 Å². The fraction of sp³-hybridized carbons (Fsp3) is 0.250. The standard InChI is InChI=1S/C8H9BrS/c9-8-3-1-2-7(6-8)4-5-10/h1-3,6,10H,4-5H2. The fourth-order valence-electron chi connectivity index (χ4n) is 0.822. The number of benzene rings is 1. The molecule has 0 nitrogen and oxygen atoms in total. The van der Waals surface area contributed by atoms with Gasteiger partial charge in [-0.2, -0.15) is 12.6 Å². The van der Waals surface area contributed by atoms with Crippen molar-refractivity contribution in [3.63, 3.8) is 0 Å². The summed E-state index contributed by atoms with van der Waals surface area (Å²) >= 11 is 7.56. The molecule has 0 fully saturated rings. The van der Waals surface area contributed by atoms with Crippen LogP contribution in [0.5, 0.6) is 0 Å². The lowest BCUT2D eigenvalue weighted by atomic mass is 10.2. The maximum atomic E-state index is 4.15. The molecule has 10 heavy (non-hydrogen) atoms. The van der Waals surface area contributed by atoms with E-state index in [0.29, 0.717) is 0 Å². The normalized spacial score (nSPS) is 9.80. The van der Waals surface area contributed by atoms with E-state index in [1.165, 1.54) is 5.56 Å². The largest absolute Gasteiger partial charge is 0.179 e. The average molecular weight is 217 g/mol. The Kier molecular flexibility index (Phi) is 3.29. The van der Waals surface area contributed by atoms with Crippen molar-refractivity contribution in [2.75, 3.05) is 5.75 Å². The molecule has 1 aromatic carbocycles. The molecule has 0 aromatic heterocycles. The molecular weight excluding hydrogens is 208 g/mol. The monoisotopic (exact) mass is 216 g/mol. The van der Waals surface area contributed by atoms with Crippen LogP contribution in [0, 0.1) is 0 Å². The number of aryl methyl sites for hydroxylation is 1. The van der Waals surface area contributed by atoms with Crippen LogP contribution in [0.25, 0.3) is 0 Å². The van der Waals surface area contributed by atoms with Gasteiger partial charge in [-0.25, -0.2) is 0 Å². The Morgan fingerprint density at radius 3 is 2.80 bits per heavy atom. The molecule has 0 aliphatic carbocycles. The Hall–Kier alpha value is 0.0500. The summed E-state index contributed by atoms with van der Waals surface area (Å²) in [6.45, 7) is 0. The van der Waals surface area contributed by atoms with Gasteiger partial charge in [-0.1, -0.05) is 28.1 Å². The Bertz CT molecular complexity index is 210. The van der Waals surface area contributed by atoms with Gasteiger partial charge in [-0.15, -0.1) is 0 Å². The molecule has 0 saturated heterocycles. The third kappa shape index (κ3) is 2.35. The fourth-order valence-corrected chi connectivity index (χ4v) is 1.53. The summed E-state index contributed by atoms with van der Waals surface area (Å²) in [4.78, 5) is 0. The van der Waals surface area contributed by atoms with Crippen LogP contribution >= 0.6 is 28.6 Å². The van der Waals surface area contributed by atoms with Gasteiger partial charge in [-0.05, 0) is 29.9 Å². The molecule has 0 radical (unpaired) electrons. The number of hydrogen-bond acceptors (Lipinski definition) is 1. The van der Waals surface area contributed by atoms with E-state index in [0.717, 1.165) is 16.6 Å². The molecule has 0 heterocycles. The molecule has 2 heteroatoms. The van der Waals surface area contributed by atoms with E-state index in [-0.39, 0.29) is 0 Å². The molecule has 0 bridgehead atoms. The maximum absolute atomic E-state index is 4.15. The third-order valence-corrected chi connectivity index (χ3v) is 2.01. The van der Waals surface area contributed by atoms with Crippen LogP contribution in [-0.2, 0) is 6.42 Å². The van der Waals surface area contributed by atoms with Gasteiger partial charge < -0.3 is 0 Å². The molecule has 1 rings (SSSR count). The van der Waals surface area contributed by atoms with Crippen LogP contribution in [0.4, 0.5) is 0 Å². The van der Waals surface area contributed by atoms with Gasteiger partial charge in [0.15, 0.2) is 0 Å². The lowest BCUT2D eigenvalue weighted by Gasteiger charge is -1.96. The Labute approximate surface area is 75.2 Å². The van der Waals surface area contributed by atoms with E-state index in [9.17, 15) is 0 Å². The predicted molar refractivity (Wildman–Crippen MR) is 51.7 cm³/mol. The van der Waals surface area contributed by atoms with E-state index >= 15 is 0 Å². The van der Waals surface area contributed by atoms with Gasteiger partial charge in [0.25, 0.3) is 0 Å². The Morgan fingerprint density at radius 1 is 1.40 bits per heavy atom. The molecule has 0 amide bonds. The molecule has 0 saturated carbocycles. The van der Waals surface area contributed by atoms with Crippen molar-refractivity contribution in [3.05, 3.63) is 34.3 Å². The summed E-state index contributed by atoms with van der Waals surface area (Å²) in [7, 11) is 0. The minimum atomic E-state index is 0.913. The van der Waals surface area contributed by atoms with Crippen LogP contribution < -0.4 is 0 Å². The quantitative estimate of drug-likeness (QED) is 0.723. The molecule has 0 atom stereocenters. The molecule has 0 unspecified atom stereocenters. The summed E-state index contributed by atoms with van der Waals surface area (Å²) in [5, 5.41) is 0. The SMILES string of the molecule is SCCc1cccc(Br)c1. The van der Waals surface area contributed by atoms with Gasteiger partial charge in [0.05, 0.1) is 0 Å². The summed E-state index contributed by atoms with van der Waals surface area (Å²) in [6.07, 6.45) is 1.04. The lowest BCUT2D eigenvalue weighted by Crippen LogP contribution is -1.84. The highest BCUT2D eigenvalue weighted by Crippen LogP contribution is 2.11. The predicted octanol–water partition coefficient (Wildman–Crippen LogP) is 2.92. The second kappa shape index (κ2) is 4.04. The number of rotatable bonds is 2. The molecule has 54 valence electrons. The van der Waals surface area contributed by atoms with E-state index in [2.05, 4.69) is 40.7 Å². The van der Waals surface area contributed by atoms with Crippen molar-refractivity contribution in [2.45, 2.75) is 6.42 Å². The second-order valence-electron chi connectivity index (χ2n) is 2.10. The Balaban J connectivity index is 2.75. The van der Waals surface area contributed by atoms with E-state index in [1.54, 1.807) is 0 Å². The summed E-state index contributed by atoms with van der Waals surface area (Å²) in [6, 6.07) is 8.31. The van der Waals surface area contributed by atoms with Crippen LogP contribution in [-0.4, -0.2) is 5.75 Å². The average Bonchev–Trinajstić information content (AvgIpc) is 1.88. The maximum Gasteiger partial charge on any atom is 0.0178 e. The highest BCUT2D eigenvalue weighted by Gasteiger charge is 1.90. The van der Waals surface area contributed by atoms with E-state index in [1.807, 2.05) is 12.1 Å². The zero-order valence-electron chi connectivity index (χ0n) is 5.55. The lowest BCUT2D eigenvalue weighted by molar-refractivity contribution is 1.16. The van der Waals surface area contributed by atoms with E-state index in [4.69, 9.17) is 0 Å². The van der Waals surface area contributed by atoms with Crippen molar-refractivity contribution in [2.24, 2.45) is 0 Å². The highest BCUT2D eigenvalue weighted by molar-refractivity contribution is 9.10. The van der Waals surface area contributed by atoms with Crippen molar-refractivity contribution >= 4 is 28.6 Å². The first-order chi connectivity index (χ1) is 4.83. The van der Waals surface area contributed by atoms with Gasteiger partial charge in [0, 0.05) is 4.47 Å². The second-order valence-corrected chi connectivity index (χ2v) is 3.47. The first-order valence-electron chi connectivity index (χ1n) is 3.18. The van der Waals surface area contributed by atoms with Crippen LogP contribution in [0.2, 0.25) is 0 Å². The first kappa shape index (κ1) is 8.15. The molecule has 1 aromatic rings. The third-order valence-electron chi connectivity index (χ3n) is 1.29. The van der Waals surface area contributed by atoms with Crippen molar-refractivity contribution < 1.29 is 0 Å². The molecule has 0 aliphatic heterocycles. The number of thiol groups is 1. The highest BCUT2D eigenvalue weighted by atomic mass is 79.9. The number of hydrogen-bond donors (Lipinski definition) is 1. The first-order valence-corrected chi connectivity index (χ1v) is 4.61. The summed E-state index contributed by atoms with van der Waals surface area (Å²) < 4.78 is 1.15. The number of halogens is 1. The van der Waals surface area contributed by atoms with Crippen molar-refractivity contribution in [1.29, 1.82) is 0 Å². The van der Waals surface area contributed by atoms with Crippen LogP contribution in [0.15, 0.2) is 28.7 Å². The topological polar surface area (TPSA) is 0 Å². The van der Waals surface area contributed by atoms with E-state index < -0.39 is 0 Å². The van der Waals surface area contributed by atoms with Gasteiger partial charge in [-0.3, -0.25) is 0 Å². The smallest absolute Gasteiger partial charge is 0.0178 e. The minimum absolute atomic E-state index is 0.913. The molecule has 0 aliphatic rings. The molecule has 0 spiro atoms. The van der Waals surface area contributed by atoms with Crippen LogP contribution in [0.3, 0.4) is 0 Å². The van der Waals surface area contributed by atoms with Crippen molar-refractivity contribution in [3.8, 4) is 0 Å². The van der Waals surface area contributed by atoms with Gasteiger partial charge >= 0.3 is 0 Å².